The van der Waals surface area contributed by atoms with Crippen LogP contribution in [0, 0.1) is 6.92 Å². The first kappa shape index (κ1) is 24.4. The second kappa shape index (κ2) is 10.0. The zero-order valence-electron chi connectivity index (χ0n) is 21.2. The van der Waals surface area contributed by atoms with E-state index in [1.54, 1.807) is 18.2 Å². The Kier molecular flexibility index (Phi) is 6.61. The van der Waals surface area contributed by atoms with Crippen molar-refractivity contribution in [1.82, 2.24) is 0 Å². The van der Waals surface area contributed by atoms with E-state index in [-0.39, 0.29) is 11.3 Å². The zero-order chi connectivity index (χ0) is 26.1. The first-order valence-electron chi connectivity index (χ1n) is 12.4. The summed E-state index contributed by atoms with van der Waals surface area (Å²) >= 11 is 0. The van der Waals surface area contributed by atoms with Gasteiger partial charge in [0.05, 0.1) is 25.8 Å². The molecule has 1 atom stereocenters. The molecule has 0 saturated carbocycles. The maximum absolute atomic E-state index is 13.5. The highest BCUT2D eigenvalue weighted by Gasteiger charge is 2.47. The van der Waals surface area contributed by atoms with Crippen LogP contribution in [0.1, 0.15) is 35.6 Å². The van der Waals surface area contributed by atoms with Gasteiger partial charge in [0.2, 0.25) is 0 Å². The number of amides is 1. The predicted molar refractivity (Wildman–Crippen MR) is 143 cm³/mol. The minimum absolute atomic E-state index is 0.0337. The monoisotopic (exact) mass is 498 g/mol. The average molecular weight is 499 g/mol. The van der Waals surface area contributed by atoms with Crippen LogP contribution in [0.5, 0.6) is 11.5 Å². The molecule has 0 spiro atoms. The SMILES string of the molecule is COc1ccc(/C(O)=C2/C(=O)C(=O)N(c3ccc(N4CCCC4)cc3)C2c2cccc(C)c2)cc1OC. The van der Waals surface area contributed by atoms with E-state index in [1.807, 2.05) is 55.5 Å². The van der Waals surface area contributed by atoms with Gasteiger partial charge in [-0.1, -0.05) is 29.8 Å². The predicted octanol–water partition coefficient (Wildman–Crippen LogP) is 5.24. The van der Waals surface area contributed by atoms with Gasteiger partial charge in [0, 0.05) is 30.0 Å². The first-order chi connectivity index (χ1) is 17.9. The van der Waals surface area contributed by atoms with Crippen molar-refractivity contribution >= 4 is 28.8 Å². The topological polar surface area (TPSA) is 79.3 Å². The quantitative estimate of drug-likeness (QED) is 0.285. The summed E-state index contributed by atoms with van der Waals surface area (Å²) < 4.78 is 10.7. The summed E-state index contributed by atoms with van der Waals surface area (Å²) in [5.74, 6) is -0.773. The molecule has 2 aliphatic heterocycles. The van der Waals surface area contributed by atoms with Crippen LogP contribution in [-0.4, -0.2) is 44.1 Å². The molecular formula is C30H30N2O5. The second-order valence-corrected chi connectivity index (χ2v) is 9.36. The fourth-order valence-corrected chi connectivity index (χ4v) is 5.19. The fraction of sp³-hybridized carbons (Fsp3) is 0.267. The number of carbonyl (C=O) groups is 2. The van der Waals surface area contributed by atoms with Gasteiger partial charge in [0.25, 0.3) is 11.7 Å². The highest BCUT2D eigenvalue weighted by Crippen LogP contribution is 2.43. The van der Waals surface area contributed by atoms with Crippen molar-refractivity contribution in [2.75, 3.05) is 37.1 Å². The molecule has 2 saturated heterocycles. The number of ether oxygens (including phenoxy) is 2. The van der Waals surface area contributed by atoms with Gasteiger partial charge in [-0.2, -0.15) is 0 Å². The van der Waals surface area contributed by atoms with Crippen LogP contribution in [0.25, 0.3) is 5.76 Å². The van der Waals surface area contributed by atoms with Gasteiger partial charge in [-0.3, -0.25) is 14.5 Å². The van der Waals surface area contributed by atoms with Gasteiger partial charge in [0.1, 0.15) is 5.76 Å². The van der Waals surface area contributed by atoms with Crippen molar-refractivity contribution in [2.24, 2.45) is 0 Å². The zero-order valence-corrected chi connectivity index (χ0v) is 21.2. The first-order valence-corrected chi connectivity index (χ1v) is 12.4. The molecule has 2 aliphatic rings. The number of ketones is 1. The highest BCUT2D eigenvalue weighted by atomic mass is 16.5. The molecule has 1 N–H and O–H groups in total. The fourth-order valence-electron chi connectivity index (χ4n) is 5.19. The summed E-state index contributed by atoms with van der Waals surface area (Å²) in [6.45, 7) is 3.98. The lowest BCUT2D eigenvalue weighted by atomic mass is 9.94. The van der Waals surface area contributed by atoms with E-state index in [2.05, 4.69) is 4.90 Å². The normalized spacial score (nSPS) is 18.9. The molecule has 0 aliphatic carbocycles. The maximum atomic E-state index is 13.5. The van der Waals surface area contributed by atoms with Crippen LogP contribution in [-0.2, 0) is 9.59 Å². The van der Waals surface area contributed by atoms with E-state index in [9.17, 15) is 14.7 Å². The van der Waals surface area contributed by atoms with E-state index < -0.39 is 17.7 Å². The van der Waals surface area contributed by atoms with Crippen LogP contribution in [0.4, 0.5) is 11.4 Å². The third-order valence-electron chi connectivity index (χ3n) is 7.06. The van der Waals surface area contributed by atoms with E-state index in [0.29, 0.717) is 22.7 Å². The summed E-state index contributed by atoms with van der Waals surface area (Å²) in [5, 5.41) is 11.4. The molecule has 3 aromatic carbocycles. The number of aliphatic hydroxyl groups excluding tert-OH is 1. The summed E-state index contributed by atoms with van der Waals surface area (Å²) in [4.78, 5) is 30.7. The minimum Gasteiger partial charge on any atom is -0.507 e. The Morgan fingerprint density at radius 2 is 1.54 bits per heavy atom. The third kappa shape index (κ3) is 4.42. The third-order valence-corrected chi connectivity index (χ3v) is 7.06. The van der Waals surface area contributed by atoms with Crippen LogP contribution in [0.2, 0.25) is 0 Å². The van der Waals surface area contributed by atoms with Crippen LogP contribution >= 0.6 is 0 Å². The maximum Gasteiger partial charge on any atom is 0.300 e. The molecule has 7 nitrogen and oxygen atoms in total. The van der Waals surface area contributed by atoms with Crippen LogP contribution in [0.3, 0.4) is 0 Å². The van der Waals surface area contributed by atoms with Gasteiger partial charge < -0.3 is 19.5 Å². The molecule has 0 radical (unpaired) electrons. The Morgan fingerprint density at radius 1 is 0.865 bits per heavy atom. The van der Waals surface area contributed by atoms with Crippen molar-refractivity contribution in [2.45, 2.75) is 25.8 Å². The summed E-state index contributed by atoms with van der Waals surface area (Å²) in [6, 6.07) is 19.5. The lowest BCUT2D eigenvalue weighted by Gasteiger charge is -2.26. The summed E-state index contributed by atoms with van der Waals surface area (Å²) in [6.07, 6.45) is 2.33. The largest absolute Gasteiger partial charge is 0.507 e. The molecule has 0 aromatic heterocycles. The smallest absolute Gasteiger partial charge is 0.300 e. The summed E-state index contributed by atoms with van der Waals surface area (Å²) in [5.41, 5.74) is 3.81. The van der Waals surface area contributed by atoms with Crippen molar-refractivity contribution < 1.29 is 24.2 Å². The summed E-state index contributed by atoms with van der Waals surface area (Å²) in [7, 11) is 3.02. The van der Waals surface area contributed by atoms with Crippen molar-refractivity contribution in [3.05, 3.63) is 89.0 Å². The number of carbonyl (C=O) groups excluding carboxylic acids is 2. The molecule has 37 heavy (non-hydrogen) atoms. The number of Topliss-reactive ketones (excluding diaryl/α,β-unsaturated/α-hetero) is 1. The number of aliphatic hydroxyl groups is 1. The van der Waals surface area contributed by atoms with E-state index in [0.717, 1.165) is 29.9 Å². The molecule has 5 rings (SSSR count). The van der Waals surface area contributed by atoms with Gasteiger partial charge in [-0.05, 0) is 67.8 Å². The van der Waals surface area contributed by atoms with Crippen LogP contribution < -0.4 is 19.3 Å². The van der Waals surface area contributed by atoms with E-state index >= 15 is 0 Å². The lowest BCUT2D eigenvalue weighted by Crippen LogP contribution is -2.29. The number of aryl methyl sites for hydroxylation is 1. The Morgan fingerprint density at radius 3 is 2.19 bits per heavy atom. The molecule has 1 amide bonds. The molecule has 2 fully saturated rings. The molecular weight excluding hydrogens is 468 g/mol. The van der Waals surface area contributed by atoms with Crippen molar-refractivity contribution in [3.8, 4) is 11.5 Å². The lowest BCUT2D eigenvalue weighted by molar-refractivity contribution is -0.132. The van der Waals surface area contributed by atoms with Gasteiger partial charge in [-0.25, -0.2) is 0 Å². The van der Waals surface area contributed by atoms with Gasteiger partial charge in [-0.15, -0.1) is 0 Å². The van der Waals surface area contributed by atoms with Crippen molar-refractivity contribution in [3.63, 3.8) is 0 Å². The Balaban J connectivity index is 1.64. The molecule has 3 aromatic rings. The number of hydrogen-bond acceptors (Lipinski definition) is 6. The Labute approximate surface area is 216 Å². The highest BCUT2D eigenvalue weighted by molar-refractivity contribution is 6.51. The molecule has 2 heterocycles. The second-order valence-electron chi connectivity index (χ2n) is 9.36. The van der Waals surface area contributed by atoms with Gasteiger partial charge in [0.15, 0.2) is 11.5 Å². The Hall–Kier alpha value is -4.26. The number of rotatable bonds is 6. The molecule has 7 heteroatoms. The number of hydrogen-bond donors (Lipinski definition) is 1. The molecule has 190 valence electrons. The number of nitrogens with zero attached hydrogens (tertiary/aromatic N) is 2. The Bertz CT molecular complexity index is 1370. The standard InChI is InChI=1S/C30H30N2O5/c1-19-7-6-8-20(17-19)27-26(28(33)21-9-14-24(36-2)25(18-21)37-3)29(34)30(35)32(27)23-12-10-22(11-13-23)31-15-4-5-16-31/h6-14,17-18,27,33H,4-5,15-16H2,1-3H3/b28-26-. The number of anilines is 2. The van der Waals surface area contributed by atoms with Crippen LogP contribution in [0.15, 0.2) is 72.3 Å². The minimum atomic E-state index is -0.786. The molecule has 0 bridgehead atoms. The van der Waals surface area contributed by atoms with Gasteiger partial charge >= 0.3 is 0 Å². The van der Waals surface area contributed by atoms with E-state index in [4.69, 9.17) is 9.47 Å². The average Bonchev–Trinajstić information content (AvgIpc) is 3.55. The molecule has 1 unspecified atom stereocenters. The number of methoxy groups -OCH3 is 2. The van der Waals surface area contributed by atoms with Crippen molar-refractivity contribution in [1.29, 1.82) is 0 Å². The van der Waals surface area contributed by atoms with E-state index in [1.165, 1.54) is 32.0 Å². The number of benzene rings is 3.